The molecule has 2 saturated carbocycles. The molecular weight excluding hydrogens is 382 g/mol. The number of carbonyl (C=O) groups excluding carboxylic acids is 1. The van der Waals surface area contributed by atoms with Gasteiger partial charge in [0.2, 0.25) is 5.91 Å². The molecule has 2 aromatic carbocycles. The van der Waals surface area contributed by atoms with Crippen molar-refractivity contribution in [2.75, 3.05) is 5.32 Å². The van der Waals surface area contributed by atoms with Crippen LogP contribution in [0.25, 0.3) is 10.9 Å². The Hall–Kier alpha value is -2.82. The zero-order valence-electron chi connectivity index (χ0n) is 16.7. The summed E-state index contributed by atoms with van der Waals surface area (Å²) < 4.78 is 27.7. The highest BCUT2D eigenvalue weighted by Crippen LogP contribution is 2.58. The Kier molecular flexibility index (Phi) is 4.76. The summed E-state index contributed by atoms with van der Waals surface area (Å²) in [6, 6.07) is 13.1. The third-order valence-electron chi connectivity index (χ3n) is 7.28. The van der Waals surface area contributed by atoms with E-state index >= 15 is 0 Å². The molecule has 2 aliphatic rings. The lowest BCUT2D eigenvalue weighted by Crippen LogP contribution is -2.48. The Morgan fingerprint density at radius 1 is 1.00 bits per heavy atom. The van der Waals surface area contributed by atoms with Crippen LogP contribution in [-0.2, 0) is 4.79 Å². The number of rotatable bonds is 3. The molecule has 5 heteroatoms. The number of aromatic nitrogens is 1. The molecule has 1 aromatic heterocycles. The number of benzene rings is 2. The fourth-order valence-corrected chi connectivity index (χ4v) is 5.49. The minimum absolute atomic E-state index is 0.0138. The third-order valence-corrected chi connectivity index (χ3v) is 7.28. The number of hydrogen-bond donors (Lipinski definition) is 1. The summed E-state index contributed by atoms with van der Waals surface area (Å²) in [6.45, 7) is 0. The Labute approximate surface area is 174 Å². The predicted octanol–water partition coefficient (Wildman–Crippen LogP) is 6.21. The van der Waals surface area contributed by atoms with Gasteiger partial charge in [-0.05, 0) is 91.8 Å². The molecule has 1 spiro atoms. The van der Waals surface area contributed by atoms with E-state index in [0.29, 0.717) is 5.92 Å². The number of anilines is 1. The van der Waals surface area contributed by atoms with Crippen molar-refractivity contribution in [1.82, 2.24) is 4.98 Å². The largest absolute Gasteiger partial charge is 0.323 e. The molecule has 2 aliphatic carbocycles. The van der Waals surface area contributed by atoms with Crippen LogP contribution >= 0.6 is 0 Å². The van der Waals surface area contributed by atoms with Crippen LogP contribution in [0.1, 0.15) is 50.0 Å². The molecule has 0 bridgehead atoms. The predicted molar refractivity (Wildman–Crippen MR) is 113 cm³/mol. The van der Waals surface area contributed by atoms with E-state index in [1.54, 1.807) is 36.5 Å². The van der Waals surface area contributed by atoms with E-state index in [2.05, 4.69) is 10.3 Å². The van der Waals surface area contributed by atoms with E-state index in [4.69, 9.17) is 0 Å². The summed E-state index contributed by atoms with van der Waals surface area (Å²) in [4.78, 5) is 17.2. The molecule has 1 atom stereocenters. The summed E-state index contributed by atoms with van der Waals surface area (Å²) in [5, 5.41) is 3.68. The zero-order valence-corrected chi connectivity index (χ0v) is 16.7. The molecule has 1 amide bonds. The molecule has 0 unspecified atom stereocenters. The Balaban J connectivity index is 1.30. The van der Waals surface area contributed by atoms with Crippen molar-refractivity contribution in [2.45, 2.75) is 44.4 Å². The Bertz CT molecular complexity index is 1110. The number of para-hydroxylation sites is 1. The van der Waals surface area contributed by atoms with Crippen molar-refractivity contribution in [3.8, 4) is 0 Å². The van der Waals surface area contributed by atoms with Crippen molar-refractivity contribution in [3.63, 3.8) is 0 Å². The van der Waals surface area contributed by atoms with Crippen LogP contribution in [0.5, 0.6) is 0 Å². The second kappa shape index (κ2) is 7.46. The second-order valence-electron chi connectivity index (χ2n) is 8.76. The SMILES string of the molecule is O=C(Nc1ccccc1F)[C@H]1CC[C@]12CC[C@H](c1ccnc3ccc(F)cc31)CC2. The van der Waals surface area contributed by atoms with Gasteiger partial charge in [-0.2, -0.15) is 0 Å². The van der Waals surface area contributed by atoms with E-state index in [9.17, 15) is 13.6 Å². The minimum atomic E-state index is -0.403. The van der Waals surface area contributed by atoms with Gasteiger partial charge in [0, 0.05) is 17.5 Å². The van der Waals surface area contributed by atoms with Gasteiger partial charge < -0.3 is 5.32 Å². The number of carbonyl (C=O) groups is 1. The zero-order chi connectivity index (χ0) is 20.7. The van der Waals surface area contributed by atoms with Gasteiger partial charge in [-0.25, -0.2) is 8.78 Å². The molecule has 2 fully saturated rings. The van der Waals surface area contributed by atoms with E-state index < -0.39 is 5.82 Å². The van der Waals surface area contributed by atoms with Crippen LogP contribution in [0.4, 0.5) is 14.5 Å². The fourth-order valence-electron chi connectivity index (χ4n) is 5.49. The monoisotopic (exact) mass is 406 g/mol. The van der Waals surface area contributed by atoms with Gasteiger partial charge in [0.1, 0.15) is 11.6 Å². The Morgan fingerprint density at radius 2 is 1.77 bits per heavy atom. The van der Waals surface area contributed by atoms with Gasteiger partial charge in [0.05, 0.1) is 11.2 Å². The first kappa shape index (κ1) is 19.2. The lowest BCUT2D eigenvalue weighted by molar-refractivity contribution is -0.133. The summed E-state index contributed by atoms with van der Waals surface area (Å²) in [7, 11) is 0. The van der Waals surface area contributed by atoms with Gasteiger partial charge in [-0.3, -0.25) is 9.78 Å². The quantitative estimate of drug-likeness (QED) is 0.562. The third kappa shape index (κ3) is 3.26. The Morgan fingerprint density at radius 3 is 2.50 bits per heavy atom. The van der Waals surface area contributed by atoms with Gasteiger partial charge in [-0.1, -0.05) is 12.1 Å². The maximum absolute atomic E-state index is 13.9. The summed E-state index contributed by atoms with van der Waals surface area (Å²) in [5.74, 6) is -0.433. The number of hydrogen-bond acceptors (Lipinski definition) is 2. The average molecular weight is 406 g/mol. The molecule has 30 heavy (non-hydrogen) atoms. The van der Waals surface area contributed by atoms with E-state index in [1.807, 2.05) is 6.07 Å². The van der Waals surface area contributed by atoms with E-state index in [0.717, 1.165) is 55.0 Å². The minimum Gasteiger partial charge on any atom is -0.323 e. The van der Waals surface area contributed by atoms with E-state index in [-0.39, 0.29) is 28.7 Å². The topological polar surface area (TPSA) is 42.0 Å². The lowest BCUT2D eigenvalue weighted by Gasteiger charge is -2.52. The highest BCUT2D eigenvalue weighted by molar-refractivity contribution is 5.93. The van der Waals surface area contributed by atoms with Crippen LogP contribution in [0.15, 0.2) is 54.7 Å². The molecular formula is C25H24F2N2O. The molecule has 3 aromatic rings. The number of pyridine rings is 1. The lowest BCUT2D eigenvalue weighted by atomic mass is 9.52. The van der Waals surface area contributed by atoms with Crippen LogP contribution in [0, 0.1) is 23.0 Å². The maximum Gasteiger partial charge on any atom is 0.228 e. The van der Waals surface area contributed by atoms with Crippen molar-refractivity contribution < 1.29 is 13.6 Å². The summed E-state index contributed by atoms with van der Waals surface area (Å²) in [5.41, 5.74) is 2.24. The van der Waals surface area contributed by atoms with Crippen LogP contribution < -0.4 is 5.32 Å². The standard InChI is InChI=1S/C25H24F2N2O/c26-17-5-6-22-19(15-17)18(10-14-28-22)16-7-11-25(12-8-16)13-9-20(25)24(30)29-23-4-2-1-3-21(23)27/h1-6,10,14-16,20H,7-9,11-13H2,(H,29,30)/t16-,20-,25+/m1/s1. The fraction of sp³-hybridized carbons (Fsp3) is 0.360. The number of fused-ring (bicyclic) bond motifs is 1. The molecule has 1 N–H and O–H groups in total. The van der Waals surface area contributed by atoms with Crippen molar-refractivity contribution in [1.29, 1.82) is 0 Å². The molecule has 1 heterocycles. The van der Waals surface area contributed by atoms with Crippen LogP contribution in [0.3, 0.4) is 0 Å². The molecule has 0 aliphatic heterocycles. The highest BCUT2D eigenvalue weighted by Gasteiger charge is 2.51. The van der Waals surface area contributed by atoms with Crippen molar-refractivity contribution in [3.05, 3.63) is 71.9 Å². The molecule has 0 saturated heterocycles. The van der Waals surface area contributed by atoms with Gasteiger partial charge in [0.15, 0.2) is 0 Å². The number of nitrogens with zero attached hydrogens (tertiary/aromatic N) is 1. The first-order valence-corrected chi connectivity index (χ1v) is 10.7. The summed E-state index contributed by atoms with van der Waals surface area (Å²) >= 11 is 0. The van der Waals surface area contributed by atoms with Gasteiger partial charge >= 0.3 is 0 Å². The molecule has 0 radical (unpaired) electrons. The van der Waals surface area contributed by atoms with Gasteiger partial charge in [-0.15, -0.1) is 0 Å². The van der Waals surface area contributed by atoms with Crippen molar-refractivity contribution in [2.24, 2.45) is 11.3 Å². The molecule has 154 valence electrons. The molecule has 3 nitrogen and oxygen atoms in total. The first-order chi connectivity index (χ1) is 14.6. The number of amides is 1. The normalized spacial score (nSPS) is 25.8. The van der Waals surface area contributed by atoms with Crippen molar-refractivity contribution >= 4 is 22.5 Å². The smallest absolute Gasteiger partial charge is 0.228 e. The van der Waals surface area contributed by atoms with E-state index in [1.165, 1.54) is 12.1 Å². The maximum atomic E-state index is 13.9. The highest BCUT2D eigenvalue weighted by atomic mass is 19.1. The molecule has 5 rings (SSSR count). The number of nitrogens with one attached hydrogen (secondary N) is 1. The summed E-state index contributed by atoms with van der Waals surface area (Å²) in [6.07, 6.45) is 7.57. The van der Waals surface area contributed by atoms with Crippen LogP contribution in [-0.4, -0.2) is 10.9 Å². The second-order valence-corrected chi connectivity index (χ2v) is 8.76. The van der Waals surface area contributed by atoms with Gasteiger partial charge in [0.25, 0.3) is 0 Å². The van der Waals surface area contributed by atoms with Crippen LogP contribution in [0.2, 0.25) is 0 Å². The number of halogens is 2. The first-order valence-electron chi connectivity index (χ1n) is 10.7. The average Bonchev–Trinajstić information content (AvgIpc) is 2.74.